The lowest BCUT2D eigenvalue weighted by molar-refractivity contribution is 0.143. The van der Waals surface area contributed by atoms with E-state index in [1.165, 1.54) is 31.6 Å². The van der Waals surface area contributed by atoms with Crippen molar-refractivity contribution in [2.75, 3.05) is 7.11 Å². The lowest BCUT2D eigenvalue weighted by Gasteiger charge is -2.07. The molecule has 2 aromatic rings. The van der Waals surface area contributed by atoms with Crippen molar-refractivity contribution in [2.24, 2.45) is 0 Å². The number of ether oxygens (including phenoxy) is 1. The van der Waals surface area contributed by atoms with Crippen LogP contribution in [0.1, 0.15) is 19.4 Å². The predicted molar refractivity (Wildman–Crippen MR) is 77.1 cm³/mol. The van der Waals surface area contributed by atoms with Gasteiger partial charge in [0.05, 0.1) is 18.2 Å². The van der Waals surface area contributed by atoms with Crippen molar-refractivity contribution in [1.82, 2.24) is 9.97 Å². The van der Waals surface area contributed by atoms with Crippen molar-refractivity contribution in [3.63, 3.8) is 0 Å². The Kier molecular flexibility index (Phi) is 4.38. The van der Waals surface area contributed by atoms with Gasteiger partial charge in [-0.2, -0.15) is 4.39 Å². The Balaban J connectivity index is 2.35. The van der Waals surface area contributed by atoms with E-state index in [0.29, 0.717) is 5.56 Å². The fourth-order valence-electron chi connectivity index (χ4n) is 1.62. The van der Waals surface area contributed by atoms with Crippen LogP contribution in [0.2, 0.25) is 0 Å². The van der Waals surface area contributed by atoms with Crippen LogP contribution >= 0.6 is 0 Å². The van der Waals surface area contributed by atoms with Crippen molar-refractivity contribution in [2.45, 2.75) is 19.4 Å². The van der Waals surface area contributed by atoms with Crippen LogP contribution in [0, 0.1) is 23.5 Å². The summed E-state index contributed by atoms with van der Waals surface area (Å²) in [5, 5.41) is 9.51. The Morgan fingerprint density at radius 2 is 1.77 bits per heavy atom. The van der Waals surface area contributed by atoms with E-state index >= 15 is 0 Å². The molecule has 1 N–H and O–H groups in total. The molecule has 0 aliphatic heterocycles. The normalized spacial score (nSPS) is 10.8. The third kappa shape index (κ3) is 3.57. The van der Waals surface area contributed by atoms with Gasteiger partial charge in [0.15, 0.2) is 17.4 Å². The first kappa shape index (κ1) is 15.9. The molecule has 1 heterocycles. The zero-order chi connectivity index (χ0) is 16.3. The van der Waals surface area contributed by atoms with Crippen LogP contribution < -0.4 is 4.74 Å². The number of hydrogen-bond acceptors (Lipinski definition) is 4. The minimum Gasteiger partial charge on any atom is -0.494 e. The van der Waals surface area contributed by atoms with Crippen LogP contribution in [0.5, 0.6) is 5.75 Å². The summed E-state index contributed by atoms with van der Waals surface area (Å²) >= 11 is 0. The first-order valence-electron chi connectivity index (χ1n) is 6.42. The molecule has 2 rings (SSSR count). The molecule has 0 saturated heterocycles. The second kappa shape index (κ2) is 6.08. The van der Waals surface area contributed by atoms with Gasteiger partial charge in [-0.25, -0.2) is 14.4 Å². The fourth-order valence-corrected chi connectivity index (χ4v) is 1.62. The topological polar surface area (TPSA) is 55.2 Å². The monoisotopic (exact) mass is 304 g/mol. The Labute approximate surface area is 126 Å². The number of nitrogens with zero attached hydrogens (tertiary/aromatic N) is 2. The quantitative estimate of drug-likeness (QED) is 0.866. The molecule has 1 aromatic heterocycles. The molecule has 0 atom stereocenters. The summed E-state index contributed by atoms with van der Waals surface area (Å²) < 4.78 is 32.3. The molecule has 0 aliphatic rings. The third-order valence-electron chi connectivity index (χ3n) is 2.67. The first-order valence-corrected chi connectivity index (χ1v) is 6.42. The lowest BCUT2D eigenvalue weighted by atomic mass is 10.1. The van der Waals surface area contributed by atoms with E-state index in [4.69, 9.17) is 4.74 Å². The molecule has 6 heteroatoms. The largest absolute Gasteiger partial charge is 0.494 e. The zero-order valence-corrected chi connectivity index (χ0v) is 12.3. The van der Waals surface area contributed by atoms with Crippen molar-refractivity contribution < 1.29 is 18.6 Å². The van der Waals surface area contributed by atoms with Crippen molar-refractivity contribution in [3.05, 3.63) is 41.7 Å². The molecule has 0 unspecified atom stereocenters. The standard InChI is InChI=1S/C16H14F2N2O2/c1-16(2,21)7-6-10-8-19-15(20-9-10)11-4-5-12(22-3)14(18)13(11)17/h4-5,8-9,21H,1-3H3. The van der Waals surface area contributed by atoms with Gasteiger partial charge >= 0.3 is 0 Å². The molecule has 0 fully saturated rings. The minimum absolute atomic E-state index is 0.0351. The summed E-state index contributed by atoms with van der Waals surface area (Å²) in [5.41, 5.74) is -0.746. The van der Waals surface area contributed by atoms with Gasteiger partial charge in [-0.3, -0.25) is 0 Å². The molecular weight excluding hydrogens is 290 g/mol. The number of aromatic nitrogens is 2. The molecule has 0 spiro atoms. The van der Waals surface area contributed by atoms with E-state index in [9.17, 15) is 13.9 Å². The number of methoxy groups -OCH3 is 1. The summed E-state index contributed by atoms with van der Waals surface area (Å²) in [6, 6.07) is 2.65. The number of hydrogen-bond donors (Lipinski definition) is 1. The number of aliphatic hydroxyl groups is 1. The highest BCUT2D eigenvalue weighted by Gasteiger charge is 2.16. The Morgan fingerprint density at radius 1 is 1.14 bits per heavy atom. The van der Waals surface area contributed by atoms with Crippen molar-refractivity contribution in [3.8, 4) is 29.0 Å². The van der Waals surface area contributed by atoms with E-state index in [2.05, 4.69) is 21.8 Å². The Bertz CT molecular complexity index is 742. The fraction of sp³-hybridized carbons (Fsp3) is 0.250. The van der Waals surface area contributed by atoms with Crippen molar-refractivity contribution >= 4 is 0 Å². The van der Waals surface area contributed by atoms with Gasteiger partial charge in [-0.15, -0.1) is 0 Å². The van der Waals surface area contributed by atoms with E-state index in [1.54, 1.807) is 13.8 Å². The van der Waals surface area contributed by atoms with Crippen LogP contribution in [0.15, 0.2) is 24.5 Å². The second-order valence-electron chi connectivity index (χ2n) is 5.05. The van der Waals surface area contributed by atoms with Crippen LogP contribution in [0.3, 0.4) is 0 Å². The summed E-state index contributed by atoms with van der Waals surface area (Å²) in [6.07, 6.45) is 2.76. The minimum atomic E-state index is -1.14. The maximum absolute atomic E-state index is 13.9. The SMILES string of the molecule is COc1ccc(-c2ncc(C#CC(C)(C)O)cn2)c(F)c1F. The summed E-state index contributed by atoms with van der Waals surface area (Å²) in [4.78, 5) is 7.93. The molecule has 114 valence electrons. The summed E-state index contributed by atoms with van der Waals surface area (Å²) in [6.45, 7) is 3.09. The third-order valence-corrected chi connectivity index (χ3v) is 2.67. The molecule has 22 heavy (non-hydrogen) atoms. The molecule has 0 saturated carbocycles. The first-order chi connectivity index (χ1) is 10.3. The van der Waals surface area contributed by atoms with E-state index in [0.717, 1.165) is 0 Å². The molecule has 4 nitrogen and oxygen atoms in total. The molecule has 1 aromatic carbocycles. The number of halogens is 2. The summed E-state index contributed by atoms with van der Waals surface area (Å²) in [7, 11) is 1.25. The maximum Gasteiger partial charge on any atom is 0.201 e. The molecular formula is C16H14F2N2O2. The smallest absolute Gasteiger partial charge is 0.201 e. The van der Waals surface area contributed by atoms with Gasteiger partial charge in [0.25, 0.3) is 0 Å². The van der Waals surface area contributed by atoms with Crippen molar-refractivity contribution in [1.29, 1.82) is 0 Å². The Morgan fingerprint density at radius 3 is 2.32 bits per heavy atom. The molecule has 0 aliphatic carbocycles. The highest BCUT2D eigenvalue weighted by molar-refractivity contribution is 5.58. The number of benzene rings is 1. The number of rotatable bonds is 2. The lowest BCUT2D eigenvalue weighted by Crippen LogP contribution is -2.14. The summed E-state index contributed by atoms with van der Waals surface area (Å²) in [5.74, 6) is 2.99. The average molecular weight is 304 g/mol. The van der Waals surface area contributed by atoms with Gasteiger partial charge in [0.2, 0.25) is 5.82 Å². The second-order valence-corrected chi connectivity index (χ2v) is 5.05. The maximum atomic E-state index is 13.9. The molecule has 0 bridgehead atoms. The highest BCUT2D eigenvalue weighted by Crippen LogP contribution is 2.27. The van der Waals surface area contributed by atoms with E-state index in [1.807, 2.05) is 0 Å². The zero-order valence-electron chi connectivity index (χ0n) is 12.3. The van der Waals surface area contributed by atoms with E-state index < -0.39 is 17.2 Å². The van der Waals surface area contributed by atoms with Crippen LogP contribution in [-0.2, 0) is 0 Å². The van der Waals surface area contributed by atoms with E-state index in [-0.39, 0.29) is 17.1 Å². The Hall–Kier alpha value is -2.52. The average Bonchev–Trinajstić information content (AvgIpc) is 2.48. The van der Waals surface area contributed by atoms with Gasteiger partial charge in [0, 0.05) is 12.4 Å². The molecule has 0 radical (unpaired) electrons. The predicted octanol–water partition coefficient (Wildman–Crippen LogP) is 2.55. The highest BCUT2D eigenvalue weighted by atomic mass is 19.2. The van der Waals surface area contributed by atoms with Crippen LogP contribution in [-0.4, -0.2) is 27.8 Å². The van der Waals surface area contributed by atoms with Crippen LogP contribution in [0.25, 0.3) is 11.4 Å². The molecule has 0 amide bonds. The van der Waals surface area contributed by atoms with Crippen LogP contribution in [0.4, 0.5) is 8.78 Å². The van der Waals surface area contributed by atoms with Gasteiger partial charge in [0.1, 0.15) is 5.60 Å². The van der Waals surface area contributed by atoms with Gasteiger partial charge in [-0.1, -0.05) is 11.8 Å². The van der Waals surface area contributed by atoms with Gasteiger partial charge < -0.3 is 9.84 Å². The van der Waals surface area contributed by atoms with Gasteiger partial charge in [-0.05, 0) is 26.0 Å².